The lowest BCUT2D eigenvalue weighted by molar-refractivity contribution is -0.137. The maximum absolute atomic E-state index is 13.1. The Labute approximate surface area is 208 Å². The van der Waals surface area contributed by atoms with E-state index in [-0.39, 0.29) is 22.8 Å². The Balaban J connectivity index is 1.54. The molecule has 3 rings (SSSR count). The molecule has 0 atom stereocenters. The number of hydrogen-bond acceptors (Lipinski definition) is 6. The molecule has 2 amide bonds. The molecule has 2 aliphatic heterocycles. The topological polar surface area (TPSA) is 115 Å². The monoisotopic (exact) mass is 504 g/mol. The van der Waals surface area contributed by atoms with Gasteiger partial charge in [0.05, 0.1) is 16.2 Å². The molecule has 2 heterocycles. The molecule has 8 nitrogen and oxygen atoms in total. The van der Waals surface area contributed by atoms with Crippen LogP contribution in [0.5, 0.6) is 0 Å². The molecule has 1 saturated heterocycles. The number of nitrogens with zero attached hydrogens (tertiary/aromatic N) is 2. The molecular formula is C24H28N2O6S2. The molecule has 10 heteroatoms. The van der Waals surface area contributed by atoms with Crippen LogP contribution in [0.1, 0.15) is 63.4 Å². The highest BCUT2D eigenvalue weighted by molar-refractivity contribution is 8.26. The van der Waals surface area contributed by atoms with Gasteiger partial charge in [-0.15, -0.1) is 0 Å². The predicted molar refractivity (Wildman–Crippen MR) is 134 cm³/mol. The number of aliphatic carboxylic acids is 2. The number of para-hydroxylation sites is 1. The second kappa shape index (κ2) is 12.1. The van der Waals surface area contributed by atoms with Crippen LogP contribution in [0, 0.1) is 0 Å². The second-order valence-electron chi connectivity index (χ2n) is 8.30. The number of hydrogen-bond donors (Lipinski definition) is 2. The zero-order chi connectivity index (χ0) is 24.7. The van der Waals surface area contributed by atoms with E-state index in [1.807, 2.05) is 0 Å². The quantitative estimate of drug-likeness (QED) is 0.232. The molecular weight excluding hydrogens is 476 g/mol. The summed E-state index contributed by atoms with van der Waals surface area (Å²) in [6.07, 6.45) is 7.84. The van der Waals surface area contributed by atoms with Crippen molar-refractivity contribution in [2.75, 3.05) is 18.0 Å². The van der Waals surface area contributed by atoms with Crippen LogP contribution in [0.3, 0.4) is 0 Å². The third-order valence-corrected chi connectivity index (χ3v) is 7.26. The fourth-order valence-electron chi connectivity index (χ4n) is 4.14. The molecule has 1 fully saturated rings. The van der Waals surface area contributed by atoms with Crippen molar-refractivity contribution in [1.29, 1.82) is 0 Å². The fraction of sp³-hybridized carbons (Fsp3) is 0.458. The summed E-state index contributed by atoms with van der Waals surface area (Å²) in [6, 6.07) is 6.88. The number of thiocarbonyl (C=S) groups is 1. The third-order valence-electron chi connectivity index (χ3n) is 5.82. The number of unbranched alkanes of at least 4 members (excludes halogenated alkanes) is 7. The van der Waals surface area contributed by atoms with E-state index >= 15 is 0 Å². The van der Waals surface area contributed by atoms with Crippen LogP contribution in [-0.4, -0.2) is 56.3 Å². The average Bonchev–Trinajstić information content (AvgIpc) is 3.21. The molecule has 0 aliphatic carbocycles. The number of carbonyl (C=O) groups is 4. The molecule has 1 aromatic carbocycles. The number of carbonyl (C=O) groups excluding carboxylic acids is 2. The number of fused-ring (bicyclic) bond motifs is 1. The Kier molecular flexibility index (Phi) is 9.23. The van der Waals surface area contributed by atoms with Crippen LogP contribution in [0.25, 0.3) is 5.57 Å². The fourth-order valence-corrected chi connectivity index (χ4v) is 5.52. The SMILES string of the molecule is O=C(O)CCCCCCCCCCN1C(=O)/C(=C2/C(=O)N(CC(=O)O)c3ccccc32)SC1=S. The van der Waals surface area contributed by atoms with Gasteiger partial charge in [0.1, 0.15) is 10.9 Å². The Morgan fingerprint density at radius 1 is 0.824 bits per heavy atom. The lowest BCUT2D eigenvalue weighted by Gasteiger charge is -2.14. The van der Waals surface area contributed by atoms with Crippen LogP contribution in [-0.2, 0) is 19.2 Å². The first kappa shape index (κ1) is 25.9. The summed E-state index contributed by atoms with van der Waals surface area (Å²) < 4.78 is 0.410. The summed E-state index contributed by atoms with van der Waals surface area (Å²) >= 11 is 6.52. The van der Waals surface area contributed by atoms with E-state index in [0.717, 1.165) is 63.1 Å². The summed E-state index contributed by atoms with van der Waals surface area (Å²) in [7, 11) is 0. The first-order chi connectivity index (χ1) is 16.3. The van der Waals surface area contributed by atoms with Crippen LogP contribution < -0.4 is 4.90 Å². The van der Waals surface area contributed by atoms with E-state index in [1.165, 1.54) is 9.80 Å². The van der Waals surface area contributed by atoms with Crippen molar-refractivity contribution < 1.29 is 29.4 Å². The van der Waals surface area contributed by atoms with Crippen LogP contribution in [0.15, 0.2) is 29.2 Å². The van der Waals surface area contributed by atoms with Gasteiger partial charge in [-0.25, -0.2) is 0 Å². The Morgan fingerprint density at radius 3 is 2.09 bits per heavy atom. The van der Waals surface area contributed by atoms with Gasteiger partial charge in [0, 0.05) is 18.5 Å². The van der Waals surface area contributed by atoms with Crippen molar-refractivity contribution in [3.05, 3.63) is 34.7 Å². The minimum atomic E-state index is -1.13. The predicted octanol–water partition coefficient (Wildman–Crippen LogP) is 4.28. The molecule has 0 aromatic heterocycles. The van der Waals surface area contributed by atoms with Gasteiger partial charge >= 0.3 is 11.9 Å². The van der Waals surface area contributed by atoms with Crippen molar-refractivity contribution in [2.24, 2.45) is 0 Å². The number of rotatable bonds is 13. The standard InChI is InChI=1S/C24H28N2O6S2/c27-18(28)13-7-5-3-1-2-4-6-10-14-25-23(32)21(34-24(25)33)20-16-11-8-9-12-17(16)26(22(20)31)15-19(29)30/h8-9,11-12H,1-7,10,13-15H2,(H,27,28)(H,29,30)/b21-20-. The molecule has 34 heavy (non-hydrogen) atoms. The minimum Gasteiger partial charge on any atom is -0.481 e. The Hall–Kier alpha value is -2.72. The average molecular weight is 505 g/mol. The lowest BCUT2D eigenvalue weighted by Crippen LogP contribution is -2.33. The number of carboxylic acids is 2. The molecule has 0 saturated carbocycles. The Bertz CT molecular complexity index is 1020. The van der Waals surface area contributed by atoms with Gasteiger partial charge in [-0.1, -0.05) is 80.7 Å². The van der Waals surface area contributed by atoms with Crippen molar-refractivity contribution in [1.82, 2.24) is 4.90 Å². The molecule has 1 aromatic rings. The normalized spacial score (nSPS) is 17.6. The van der Waals surface area contributed by atoms with E-state index in [1.54, 1.807) is 24.3 Å². The summed E-state index contributed by atoms with van der Waals surface area (Å²) in [4.78, 5) is 50.9. The van der Waals surface area contributed by atoms with E-state index in [2.05, 4.69) is 0 Å². The van der Waals surface area contributed by atoms with Gasteiger partial charge in [-0.2, -0.15) is 0 Å². The number of amides is 2. The zero-order valence-electron chi connectivity index (χ0n) is 18.8. The highest BCUT2D eigenvalue weighted by atomic mass is 32.2. The highest BCUT2D eigenvalue weighted by Gasteiger charge is 2.42. The number of benzene rings is 1. The first-order valence-corrected chi connectivity index (χ1v) is 12.7. The largest absolute Gasteiger partial charge is 0.481 e. The van der Waals surface area contributed by atoms with Crippen LogP contribution in [0.2, 0.25) is 0 Å². The summed E-state index contributed by atoms with van der Waals surface area (Å²) in [5, 5.41) is 17.8. The van der Waals surface area contributed by atoms with Crippen molar-refractivity contribution in [3.8, 4) is 0 Å². The Morgan fingerprint density at radius 2 is 1.44 bits per heavy atom. The minimum absolute atomic E-state index is 0.222. The molecule has 0 unspecified atom stereocenters. The lowest BCUT2D eigenvalue weighted by atomic mass is 10.1. The molecule has 0 radical (unpaired) electrons. The zero-order valence-corrected chi connectivity index (χ0v) is 20.5. The summed E-state index contributed by atoms with van der Waals surface area (Å²) in [6.45, 7) is 0.00788. The molecule has 182 valence electrons. The first-order valence-electron chi connectivity index (χ1n) is 11.4. The summed E-state index contributed by atoms with van der Waals surface area (Å²) in [5.41, 5.74) is 1.26. The van der Waals surface area contributed by atoms with Gasteiger partial charge in [-0.05, 0) is 18.9 Å². The smallest absolute Gasteiger partial charge is 0.323 e. The third kappa shape index (κ3) is 6.24. The van der Waals surface area contributed by atoms with Crippen molar-refractivity contribution in [2.45, 2.75) is 57.8 Å². The van der Waals surface area contributed by atoms with Crippen molar-refractivity contribution in [3.63, 3.8) is 0 Å². The molecule has 2 N–H and O–H groups in total. The van der Waals surface area contributed by atoms with E-state index in [9.17, 15) is 24.3 Å². The van der Waals surface area contributed by atoms with Gasteiger partial charge < -0.3 is 10.2 Å². The molecule has 2 aliphatic rings. The maximum Gasteiger partial charge on any atom is 0.323 e. The number of carboxylic acid groups (broad SMARTS) is 2. The van der Waals surface area contributed by atoms with Gasteiger partial charge in [0.2, 0.25) is 0 Å². The molecule has 0 spiro atoms. The number of thioether (sulfide) groups is 1. The molecule has 0 bridgehead atoms. The van der Waals surface area contributed by atoms with E-state index in [4.69, 9.17) is 17.3 Å². The second-order valence-corrected chi connectivity index (χ2v) is 9.95. The van der Waals surface area contributed by atoms with Gasteiger partial charge in [0.25, 0.3) is 11.8 Å². The van der Waals surface area contributed by atoms with Crippen molar-refractivity contribution >= 4 is 63.3 Å². The van der Waals surface area contributed by atoms with Crippen LogP contribution in [0.4, 0.5) is 5.69 Å². The van der Waals surface area contributed by atoms with Gasteiger partial charge in [-0.3, -0.25) is 29.0 Å². The van der Waals surface area contributed by atoms with E-state index in [0.29, 0.717) is 22.1 Å². The maximum atomic E-state index is 13.1. The van der Waals surface area contributed by atoms with Crippen LogP contribution >= 0.6 is 24.0 Å². The summed E-state index contributed by atoms with van der Waals surface area (Å²) in [5.74, 6) is -2.67. The van der Waals surface area contributed by atoms with E-state index < -0.39 is 24.4 Å². The highest BCUT2D eigenvalue weighted by Crippen LogP contribution is 2.44. The van der Waals surface area contributed by atoms with Gasteiger partial charge in [0.15, 0.2) is 0 Å². The number of anilines is 1.